The minimum atomic E-state index is 1.03. The lowest BCUT2D eigenvalue weighted by Gasteiger charge is -2.27. The number of nitrogens with one attached hydrogen (secondary N) is 2. The number of nitrogens with zero attached hydrogens (tertiary/aromatic N) is 1. The second kappa shape index (κ2) is 5.84. The number of piperazine rings is 1. The van der Waals surface area contributed by atoms with Crippen LogP contribution in [0.3, 0.4) is 0 Å². The van der Waals surface area contributed by atoms with Gasteiger partial charge in [-0.15, -0.1) is 11.3 Å². The number of halogens is 1. The lowest BCUT2D eigenvalue weighted by molar-refractivity contribution is 0.249. The van der Waals surface area contributed by atoms with Crippen molar-refractivity contribution in [3.8, 4) is 0 Å². The minimum absolute atomic E-state index is 1.03. The average Bonchev–Trinajstić information content (AvgIpc) is 2.66. The summed E-state index contributed by atoms with van der Waals surface area (Å²) in [5, 5.41) is 8.05. The van der Waals surface area contributed by atoms with Crippen molar-refractivity contribution in [1.29, 1.82) is 0 Å². The van der Waals surface area contributed by atoms with Gasteiger partial charge in [0.15, 0.2) is 0 Å². The third-order valence-corrected chi connectivity index (χ3v) is 4.09. The Kier molecular flexibility index (Phi) is 4.43. The van der Waals surface area contributed by atoms with E-state index in [0.29, 0.717) is 0 Å². The molecule has 3 nitrogen and oxygen atoms in total. The summed E-state index contributed by atoms with van der Waals surface area (Å²) in [5.41, 5.74) is 0. The van der Waals surface area contributed by atoms with Crippen LogP contribution < -0.4 is 10.6 Å². The molecule has 1 aliphatic rings. The van der Waals surface area contributed by atoms with Crippen molar-refractivity contribution in [1.82, 2.24) is 10.2 Å². The zero-order chi connectivity index (χ0) is 10.5. The largest absolute Gasteiger partial charge is 0.376 e. The second-order valence-electron chi connectivity index (χ2n) is 3.62. The quantitative estimate of drug-likeness (QED) is 0.886. The molecule has 0 amide bonds. The predicted octanol–water partition coefficient (Wildman–Crippen LogP) is 1.83. The lowest BCUT2D eigenvalue weighted by Crippen LogP contribution is -2.45. The zero-order valence-corrected chi connectivity index (χ0v) is 11.0. The lowest BCUT2D eigenvalue weighted by atomic mass is 10.3. The van der Waals surface area contributed by atoms with Gasteiger partial charge in [-0.25, -0.2) is 0 Å². The Balaban J connectivity index is 1.65. The van der Waals surface area contributed by atoms with E-state index >= 15 is 0 Å². The fourth-order valence-electron chi connectivity index (χ4n) is 1.68. The molecule has 2 rings (SSSR count). The van der Waals surface area contributed by atoms with Gasteiger partial charge < -0.3 is 10.6 Å². The van der Waals surface area contributed by atoms with Gasteiger partial charge in [-0.3, -0.25) is 4.90 Å². The van der Waals surface area contributed by atoms with E-state index in [2.05, 4.69) is 43.6 Å². The highest BCUT2D eigenvalue weighted by Crippen LogP contribution is 2.26. The Morgan fingerprint density at radius 3 is 2.87 bits per heavy atom. The van der Waals surface area contributed by atoms with Gasteiger partial charge in [0.1, 0.15) is 0 Å². The number of hydrogen-bond donors (Lipinski definition) is 2. The Hall–Kier alpha value is -0.100. The Morgan fingerprint density at radius 2 is 2.20 bits per heavy atom. The maximum Gasteiger partial charge on any atom is 0.0894 e. The van der Waals surface area contributed by atoms with E-state index in [9.17, 15) is 0 Å². The molecule has 0 unspecified atom stereocenters. The third kappa shape index (κ3) is 3.75. The van der Waals surface area contributed by atoms with Crippen LogP contribution in [0.2, 0.25) is 0 Å². The average molecular weight is 290 g/mol. The molecular formula is C10H16BrN3S. The van der Waals surface area contributed by atoms with Crippen LogP contribution in [0.4, 0.5) is 5.00 Å². The molecule has 84 valence electrons. The first-order valence-corrected chi connectivity index (χ1v) is 6.88. The molecule has 5 heteroatoms. The zero-order valence-electron chi connectivity index (χ0n) is 8.63. The fraction of sp³-hybridized carbons (Fsp3) is 0.600. The second-order valence-corrected chi connectivity index (χ2v) is 6.09. The number of anilines is 1. The van der Waals surface area contributed by atoms with Crippen LogP contribution in [-0.2, 0) is 0 Å². The standard InChI is InChI=1S/C10H16BrN3S/c11-9-1-2-10(15-9)13-5-8-14-6-3-12-4-7-14/h1-2,12-13H,3-8H2. The van der Waals surface area contributed by atoms with E-state index in [0.717, 1.165) is 26.2 Å². The molecule has 0 aliphatic carbocycles. The molecule has 15 heavy (non-hydrogen) atoms. The molecule has 1 saturated heterocycles. The third-order valence-electron chi connectivity index (χ3n) is 2.51. The fourth-order valence-corrected chi connectivity index (χ4v) is 2.99. The maximum absolute atomic E-state index is 3.46. The summed E-state index contributed by atoms with van der Waals surface area (Å²) >= 11 is 5.21. The summed E-state index contributed by atoms with van der Waals surface area (Å²) in [6, 6.07) is 4.20. The van der Waals surface area contributed by atoms with Crippen molar-refractivity contribution in [2.24, 2.45) is 0 Å². The number of rotatable bonds is 4. The Morgan fingerprint density at radius 1 is 1.40 bits per heavy atom. The molecule has 1 aromatic rings. The van der Waals surface area contributed by atoms with Crippen molar-refractivity contribution < 1.29 is 0 Å². The van der Waals surface area contributed by atoms with E-state index < -0.39 is 0 Å². The molecule has 0 atom stereocenters. The van der Waals surface area contributed by atoms with Gasteiger partial charge >= 0.3 is 0 Å². The highest BCUT2D eigenvalue weighted by molar-refractivity contribution is 9.11. The van der Waals surface area contributed by atoms with E-state index in [1.165, 1.54) is 21.9 Å². The first-order chi connectivity index (χ1) is 7.34. The van der Waals surface area contributed by atoms with E-state index in [-0.39, 0.29) is 0 Å². The van der Waals surface area contributed by atoms with Crippen molar-refractivity contribution in [3.05, 3.63) is 15.9 Å². The molecule has 1 aliphatic heterocycles. The molecule has 1 fully saturated rings. The van der Waals surface area contributed by atoms with Crippen LogP contribution in [0.1, 0.15) is 0 Å². The van der Waals surface area contributed by atoms with Crippen LogP contribution in [0.5, 0.6) is 0 Å². The normalized spacial score (nSPS) is 17.9. The highest BCUT2D eigenvalue weighted by atomic mass is 79.9. The maximum atomic E-state index is 3.46. The van der Waals surface area contributed by atoms with Gasteiger partial charge in [-0.1, -0.05) is 0 Å². The molecule has 0 bridgehead atoms. The first kappa shape index (κ1) is 11.4. The van der Waals surface area contributed by atoms with E-state index in [4.69, 9.17) is 0 Å². The number of thiophene rings is 1. The molecule has 0 aromatic carbocycles. The topological polar surface area (TPSA) is 27.3 Å². The van der Waals surface area contributed by atoms with Crippen molar-refractivity contribution in [2.45, 2.75) is 0 Å². The summed E-state index contributed by atoms with van der Waals surface area (Å²) in [6.45, 7) is 6.78. The van der Waals surface area contributed by atoms with Gasteiger partial charge in [0, 0.05) is 39.3 Å². The smallest absolute Gasteiger partial charge is 0.0894 e. The minimum Gasteiger partial charge on any atom is -0.376 e. The summed E-state index contributed by atoms with van der Waals surface area (Å²) in [4.78, 5) is 2.49. The summed E-state index contributed by atoms with van der Waals surface area (Å²) < 4.78 is 1.19. The van der Waals surface area contributed by atoms with Crippen molar-refractivity contribution >= 4 is 32.3 Å². The summed E-state index contributed by atoms with van der Waals surface area (Å²) in [7, 11) is 0. The molecule has 2 N–H and O–H groups in total. The van der Waals surface area contributed by atoms with Gasteiger partial charge in [0.2, 0.25) is 0 Å². The van der Waals surface area contributed by atoms with E-state index in [1.807, 2.05) is 0 Å². The van der Waals surface area contributed by atoms with Gasteiger partial charge in [0.25, 0.3) is 0 Å². The highest BCUT2D eigenvalue weighted by Gasteiger charge is 2.08. The Labute approximate surface area is 103 Å². The summed E-state index contributed by atoms with van der Waals surface area (Å²) in [5.74, 6) is 0. The summed E-state index contributed by atoms with van der Waals surface area (Å²) in [6.07, 6.45) is 0. The Bertz CT molecular complexity index is 297. The van der Waals surface area contributed by atoms with Crippen LogP contribution in [0, 0.1) is 0 Å². The van der Waals surface area contributed by atoms with Crippen LogP contribution in [-0.4, -0.2) is 44.2 Å². The van der Waals surface area contributed by atoms with Crippen LogP contribution in [0.15, 0.2) is 15.9 Å². The van der Waals surface area contributed by atoms with Gasteiger partial charge in [0.05, 0.1) is 8.79 Å². The van der Waals surface area contributed by atoms with E-state index in [1.54, 1.807) is 11.3 Å². The van der Waals surface area contributed by atoms with Crippen molar-refractivity contribution in [3.63, 3.8) is 0 Å². The molecule has 2 heterocycles. The number of hydrogen-bond acceptors (Lipinski definition) is 4. The predicted molar refractivity (Wildman–Crippen MR) is 69.8 cm³/mol. The van der Waals surface area contributed by atoms with Crippen LogP contribution in [0.25, 0.3) is 0 Å². The van der Waals surface area contributed by atoms with Crippen LogP contribution >= 0.6 is 27.3 Å². The molecule has 1 aromatic heterocycles. The molecule has 0 spiro atoms. The first-order valence-electron chi connectivity index (χ1n) is 5.27. The van der Waals surface area contributed by atoms with Crippen molar-refractivity contribution in [2.75, 3.05) is 44.6 Å². The monoisotopic (exact) mass is 289 g/mol. The molecular weight excluding hydrogens is 274 g/mol. The molecule has 0 saturated carbocycles. The molecule has 0 radical (unpaired) electrons. The van der Waals surface area contributed by atoms with Gasteiger partial charge in [-0.05, 0) is 28.1 Å². The SMILES string of the molecule is Brc1ccc(NCCN2CCNCC2)s1. The van der Waals surface area contributed by atoms with Gasteiger partial charge in [-0.2, -0.15) is 0 Å².